The lowest BCUT2D eigenvalue weighted by Gasteiger charge is -2.22. The predicted molar refractivity (Wildman–Crippen MR) is 76.0 cm³/mol. The molecule has 1 aromatic carbocycles. The van der Waals surface area contributed by atoms with Crippen LogP contribution in [-0.4, -0.2) is 38.1 Å². The number of ether oxygens (including phenoxy) is 2. The van der Waals surface area contributed by atoms with Crippen LogP contribution in [0.2, 0.25) is 0 Å². The van der Waals surface area contributed by atoms with Crippen molar-refractivity contribution in [3.8, 4) is 11.5 Å². The molecule has 1 rings (SSSR count). The summed E-state index contributed by atoms with van der Waals surface area (Å²) in [6.07, 6.45) is 2.08. The molecule has 0 saturated carbocycles. The Morgan fingerprint density at radius 1 is 1.21 bits per heavy atom. The van der Waals surface area contributed by atoms with Crippen LogP contribution in [0.15, 0.2) is 18.2 Å². The first-order valence-corrected chi connectivity index (χ1v) is 6.69. The summed E-state index contributed by atoms with van der Waals surface area (Å²) in [5.41, 5.74) is 0.584. The molecular weight excluding hydrogens is 242 g/mol. The van der Waals surface area contributed by atoms with Crippen molar-refractivity contribution in [2.24, 2.45) is 0 Å². The maximum Gasteiger partial charge on any atom is 0.257 e. The van der Waals surface area contributed by atoms with Crippen LogP contribution >= 0.6 is 0 Å². The SMILES string of the molecule is CCCCN(CC)C(=O)c1ccc(OC)cc1OC. The number of unbranched alkanes of at least 4 members (excludes halogenated alkanes) is 1. The summed E-state index contributed by atoms with van der Waals surface area (Å²) < 4.78 is 10.4. The van der Waals surface area contributed by atoms with Gasteiger partial charge in [0.2, 0.25) is 0 Å². The van der Waals surface area contributed by atoms with E-state index in [2.05, 4.69) is 6.92 Å². The Morgan fingerprint density at radius 3 is 2.47 bits per heavy atom. The second-order valence-corrected chi connectivity index (χ2v) is 4.30. The van der Waals surface area contributed by atoms with E-state index in [1.807, 2.05) is 11.8 Å². The average Bonchev–Trinajstić information content (AvgIpc) is 2.46. The van der Waals surface area contributed by atoms with Gasteiger partial charge in [-0.05, 0) is 25.5 Å². The van der Waals surface area contributed by atoms with Crippen LogP contribution in [0.4, 0.5) is 0 Å². The molecule has 0 unspecified atom stereocenters. The van der Waals surface area contributed by atoms with Gasteiger partial charge in [0.15, 0.2) is 0 Å². The molecule has 0 radical (unpaired) electrons. The standard InChI is InChI=1S/C15H23NO3/c1-5-7-10-16(6-2)15(17)13-9-8-12(18-3)11-14(13)19-4/h8-9,11H,5-7,10H2,1-4H3. The highest BCUT2D eigenvalue weighted by Crippen LogP contribution is 2.25. The quantitative estimate of drug-likeness (QED) is 0.761. The largest absolute Gasteiger partial charge is 0.497 e. The van der Waals surface area contributed by atoms with Crippen molar-refractivity contribution >= 4 is 5.91 Å². The highest BCUT2D eigenvalue weighted by molar-refractivity contribution is 5.97. The third-order valence-electron chi connectivity index (χ3n) is 3.09. The summed E-state index contributed by atoms with van der Waals surface area (Å²) in [7, 11) is 3.16. The lowest BCUT2D eigenvalue weighted by Crippen LogP contribution is -2.32. The first kappa shape index (κ1) is 15.3. The Labute approximate surface area is 115 Å². The van der Waals surface area contributed by atoms with Crippen molar-refractivity contribution in [1.29, 1.82) is 0 Å². The zero-order valence-corrected chi connectivity index (χ0v) is 12.2. The van der Waals surface area contributed by atoms with E-state index in [1.165, 1.54) is 0 Å². The molecule has 0 atom stereocenters. The van der Waals surface area contributed by atoms with Gasteiger partial charge in [-0.1, -0.05) is 13.3 Å². The van der Waals surface area contributed by atoms with Crippen molar-refractivity contribution in [1.82, 2.24) is 4.90 Å². The molecule has 0 fully saturated rings. The van der Waals surface area contributed by atoms with E-state index in [0.29, 0.717) is 23.6 Å². The van der Waals surface area contributed by atoms with Gasteiger partial charge >= 0.3 is 0 Å². The molecule has 19 heavy (non-hydrogen) atoms. The van der Waals surface area contributed by atoms with Crippen molar-refractivity contribution in [3.05, 3.63) is 23.8 Å². The number of methoxy groups -OCH3 is 2. The predicted octanol–water partition coefficient (Wildman–Crippen LogP) is 2.97. The van der Waals surface area contributed by atoms with E-state index in [4.69, 9.17) is 9.47 Å². The summed E-state index contributed by atoms with van der Waals surface area (Å²) in [5, 5.41) is 0. The number of carbonyl (C=O) groups is 1. The van der Waals surface area contributed by atoms with E-state index in [-0.39, 0.29) is 5.91 Å². The minimum absolute atomic E-state index is 0.00968. The zero-order chi connectivity index (χ0) is 14.3. The van der Waals surface area contributed by atoms with E-state index >= 15 is 0 Å². The van der Waals surface area contributed by atoms with E-state index < -0.39 is 0 Å². The van der Waals surface area contributed by atoms with E-state index in [9.17, 15) is 4.79 Å². The summed E-state index contributed by atoms with van der Waals surface area (Å²) in [5.74, 6) is 1.25. The third-order valence-corrected chi connectivity index (χ3v) is 3.09. The number of benzene rings is 1. The monoisotopic (exact) mass is 265 g/mol. The molecule has 0 N–H and O–H groups in total. The number of hydrogen-bond donors (Lipinski definition) is 0. The highest BCUT2D eigenvalue weighted by atomic mass is 16.5. The molecule has 4 heteroatoms. The van der Waals surface area contributed by atoms with Crippen LogP contribution in [0.3, 0.4) is 0 Å². The summed E-state index contributed by atoms with van der Waals surface area (Å²) >= 11 is 0. The lowest BCUT2D eigenvalue weighted by molar-refractivity contribution is 0.0759. The Hall–Kier alpha value is -1.71. The number of hydrogen-bond acceptors (Lipinski definition) is 3. The van der Waals surface area contributed by atoms with Gasteiger partial charge in [0.1, 0.15) is 11.5 Å². The molecule has 0 aliphatic carbocycles. The van der Waals surface area contributed by atoms with Crippen LogP contribution in [-0.2, 0) is 0 Å². The number of rotatable bonds is 7. The third kappa shape index (κ3) is 3.88. The maximum atomic E-state index is 12.5. The normalized spacial score (nSPS) is 10.1. The fourth-order valence-corrected chi connectivity index (χ4v) is 1.90. The lowest BCUT2D eigenvalue weighted by atomic mass is 10.1. The number of nitrogens with zero attached hydrogens (tertiary/aromatic N) is 1. The fourth-order valence-electron chi connectivity index (χ4n) is 1.90. The van der Waals surface area contributed by atoms with Gasteiger partial charge in [0, 0.05) is 19.2 Å². The average molecular weight is 265 g/mol. The van der Waals surface area contributed by atoms with Crippen molar-refractivity contribution < 1.29 is 14.3 Å². The van der Waals surface area contributed by atoms with Gasteiger partial charge in [-0.3, -0.25) is 4.79 Å². The number of carbonyl (C=O) groups excluding carboxylic acids is 1. The van der Waals surface area contributed by atoms with Crippen LogP contribution in [0.1, 0.15) is 37.0 Å². The van der Waals surface area contributed by atoms with Gasteiger partial charge in [-0.15, -0.1) is 0 Å². The van der Waals surface area contributed by atoms with Gasteiger partial charge in [-0.2, -0.15) is 0 Å². The van der Waals surface area contributed by atoms with Gasteiger partial charge < -0.3 is 14.4 Å². The minimum atomic E-state index is 0.00968. The second kappa shape index (κ2) is 7.67. The summed E-state index contributed by atoms with van der Waals surface area (Å²) in [6, 6.07) is 5.28. The molecule has 1 amide bonds. The summed E-state index contributed by atoms with van der Waals surface area (Å²) in [6.45, 7) is 5.59. The molecular formula is C15H23NO3. The Morgan fingerprint density at radius 2 is 1.95 bits per heavy atom. The highest BCUT2D eigenvalue weighted by Gasteiger charge is 2.18. The van der Waals surface area contributed by atoms with E-state index in [1.54, 1.807) is 32.4 Å². The fraction of sp³-hybridized carbons (Fsp3) is 0.533. The first-order chi connectivity index (χ1) is 9.17. The maximum absolute atomic E-state index is 12.5. The molecule has 0 spiro atoms. The Balaban J connectivity index is 2.96. The molecule has 0 aliphatic heterocycles. The second-order valence-electron chi connectivity index (χ2n) is 4.30. The van der Waals surface area contributed by atoms with Crippen molar-refractivity contribution in [2.45, 2.75) is 26.7 Å². The molecule has 0 heterocycles. The Bertz CT molecular complexity index is 418. The van der Waals surface area contributed by atoms with Crippen molar-refractivity contribution in [3.63, 3.8) is 0 Å². The zero-order valence-electron chi connectivity index (χ0n) is 12.2. The summed E-state index contributed by atoms with van der Waals surface area (Å²) in [4.78, 5) is 14.3. The number of amides is 1. The van der Waals surface area contributed by atoms with Gasteiger partial charge in [0.05, 0.1) is 19.8 Å². The van der Waals surface area contributed by atoms with Crippen LogP contribution in [0.5, 0.6) is 11.5 Å². The van der Waals surface area contributed by atoms with E-state index in [0.717, 1.165) is 19.4 Å². The van der Waals surface area contributed by atoms with Crippen molar-refractivity contribution in [2.75, 3.05) is 27.3 Å². The smallest absolute Gasteiger partial charge is 0.257 e. The van der Waals surface area contributed by atoms with Gasteiger partial charge in [0.25, 0.3) is 5.91 Å². The molecule has 1 aromatic rings. The molecule has 0 aromatic heterocycles. The molecule has 106 valence electrons. The first-order valence-electron chi connectivity index (χ1n) is 6.69. The van der Waals surface area contributed by atoms with Crippen LogP contribution < -0.4 is 9.47 Å². The van der Waals surface area contributed by atoms with Gasteiger partial charge in [-0.25, -0.2) is 0 Å². The van der Waals surface area contributed by atoms with Crippen LogP contribution in [0, 0.1) is 0 Å². The molecule has 4 nitrogen and oxygen atoms in total. The topological polar surface area (TPSA) is 38.8 Å². The van der Waals surface area contributed by atoms with Crippen LogP contribution in [0.25, 0.3) is 0 Å². The Kier molecular flexibility index (Phi) is 6.19. The molecule has 0 bridgehead atoms. The minimum Gasteiger partial charge on any atom is -0.497 e. The molecule has 0 aliphatic rings. The molecule has 0 saturated heterocycles.